The summed E-state index contributed by atoms with van der Waals surface area (Å²) in [4.78, 5) is 19.5. The van der Waals surface area contributed by atoms with Crippen molar-refractivity contribution in [3.05, 3.63) is 60.7 Å². The summed E-state index contributed by atoms with van der Waals surface area (Å²) in [7, 11) is 0. The maximum atomic E-state index is 14.4. The Bertz CT molecular complexity index is 1130. The first-order chi connectivity index (χ1) is 14.0. The molecule has 0 radical (unpaired) electrons. The van der Waals surface area contributed by atoms with Crippen molar-refractivity contribution in [2.45, 2.75) is 12.7 Å². The summed E-state index contributed by atoms with van der Waals surface area (Å²) in [5, 5.41) is 11.1. The number of alkyl halides is 2. The lowest BCUT2D eigenvalue weighted by Crippen LogP contribution is -2.35. The number of rotatable bonds is 4. The summed E-state index contributed by atoms with van der Waals surface area (Å²) >= 11 is 0. The largest absolute Gasteiger partial charge is 0.435 e. The van der Waals surface area contributed by atoms with Crippen molar-refractivity contribution in [3.63, 3.8) is 0 Å². The van der Waals surface area contributed by atoms with Crippen LogP contribution in [0, 0.1) is 17.1 Å². The van der Waals surface area contributed by atoms with E-state index >= 15 is 0 Å². The minimum atomic E-state index is -3.09. The van der Waals surface area contributed by atoms with Crippen molar-refractivity contribution in [1.82, 2.24) is 4.98 Å². The minimum absolute atomic E-state index is 0.145. The van der Waals surface area contributed by atoms with Crippen LogP contribution in [0.5, 0.6) is 5.75 Å². The van der Waals surface area contributed by atoms with Gasteiger partial charge in [-0.15, -0.1) is 0 Å². The molecule has 1 atom stereocenters. The first-order valence-corrected chi connectivity index (χ1v) is 8.57. The fourth-order valence-corrected chi connectivity index (χ4v) is 3.33. The van der Waals surface area contributed by atoms with Crippen LogP contribution in [0.1, 0.15) is 0 Å². The topological polar surface area (TPSA) is 69.5 Å². The molecule has 1 saturated heterocycles. The molecule has 0 saturated carbocycles. The number of halogens is 3. The van der Waals surface area contributed by atoms with Crippen molar-refractivity contribution in [2.24, 2.45) is 0 Å². The average Bonchev–Trinajstić information content (AvgIpc) is 3.04. The van der Waals surface area contributed by atoms with Gasteiger partial charge in [0.2, 0.25) is 0 Å². The van der Waals surface area contributed by atoms with Gasteiger partial charge in [-0.1, -0.05) is 24.3 Å². The van der Waals surface area contributed by atoms with Crippen molar-refractivity contribution in [2.75, 3.05) is 16.3 Å². The molecule has 9 heteroatoms. The van der Waals surface area contributed by atoms with E-state index in [-0.39, 0.29) is 18.0 Å². The summed E-state index contributed by atoms with van der Waals surface area (Å²) in [5.41, 5.74) is 0.159. The van der Waals surface area contributed by atoms with Crippen molar-refractivity contribution in [3.8, 4) is 11.8 Å². The third kappa shape index (κ3) is 3.29. The van der Waals surface area contributed by atoms with E-state index in [1.807, 2.05) is 18.2 Å². The van der Waals surface area contributed by atoms with E-state index in [0.717, 1.165) is 28.5 Å². The summed E-state index contributed by atoms with van der Waals surface area (Å²) in [5.74, 6) is -1.09. The van der Waals surface area contributed by atoms with Gasteiger partial charge < -0.3 is 4.74 Å². The molecule has 146 valence electrons. The van der Waals surface area contributed by atoms with E-state index in [1.54, 1.807) is 18.3 Å². The number of aromatic nitrogens is 1. The molecule has 0 spiro atoms. The van der Waals surface area contributed by atoms with Crippen LogP contribution < -0.4 is 14.5 Å². The molecule has 0 unspecified atom stereocenters. The highest BCUT2D eigenvalue weighted by atomic mass is 19.3. The number of pyridine rings is 1. The highest BCUT2D eigenvalue weighted by molar-refractivity contribution is 6.11. The molecule has 0 bridgehead atoms. The average molecular weight is 398 g/mol. The number of hydrogen-bond acceptors (Lipinski definition) is 4. The van der Waals surface area contributed by atoms with Gasteiger partial charge in [0.15, 0.2) is 0 Å². The first kappa shape index (κ1) is 18.6. The lowest BCUT2D eigenvalue weighted by Gasteiger charge is -2.21. The van der Waals surface area contributed by atoms with E-state index in [4.69, 9.17) is 0 Å². The van der Waals surface area contributed by atoms with Gasteiger partial charge in [0.1, 0.15) is 17.6 Å². The normalized spacial score (nSPS) is 16.5. The SMILES string of the molecule is N#C[C@H]1CN(c2cc(OC(F)F)ccc2F)C(=O)N1c1cncc2ccccc12. The second-order valence-corrected chi connectivity index (χ2v) is 6.28. The smallest absolute Gasteiger partial charge is 0.387 e. The Hall–Kier alpha value is -3.80. The summed E-state index contributed by atoms with van der Waals surface area (Å²) < 4.78 is 43.7. The van der Waals surface area contributed by atoms with E-state index in [0.29, 0.717) is 11.1 Å². The number of amides is 2. The molecule has 1 aliphatic heterocycles. The number of anilines is 2. The summed E-state index contributed by atoms with van der Waals surface area (Å²) in [6.45, 7) is -3.24. The Morgan fingerprint density at radius 2 is 1.97 bits per heavy atom. The Morgan fingerprint density at radius 3 is 2.72 bits per heavy atom. The number of ether oxygens (including phenoxy) is 1. The van der Waals surface area contributed by atoms with E-state index in [9.17, 15) is 23.2 Å². The molecule has 4 rings (SSSR count). The van der Waals surface area contributed by atoms with Crippen LogP contribution in [-0.4, -0.2) is 30.2 Å². The number of urea groups is 1. The predicted molar refractivity (Wildman–Crippen MR) is 99.4 cm³/mol. The molecule has 2 amide bonds. The molecular weight excluding hydrogens is 385 g/mol. The highest BCUT2D eigenvalue weighted by Crippen LogP contribution is 2.35. The molecule has 1 aliphatic rings. The molecule has 3 aromatic rings. The lowest BCUT2D eigenvalue weighted by molar-refractivity contribution is -0.0498. The molecule has 29 heavy (non-hydrogen) atoms. The second kappa shape index (κ2) is 7.31. The minimum Gasteiger partial charge on any atom is -0.435 e. The number of benzene rings is 2. The van der Waals surface area contributed by atoms with E-state index < -0.39 is 24.5 Å². The number of fused-ring (bicyclic) bond motifs is 1. The van der Waals surface area contributed by atoms with Crippen molar-refractivity contribution >= 4 is 28.2 Å². The molecule has 6 nitrogen and oxygen atoms in total. The Labute approximate surface area is 163 Å². The second-order valence-electron chi connectivity index (χ2n) is 6.28. The number of nitrogens with zero attached hydrogens (tertiary/aromatic N) is 4. The standard InChI is InChI=1S/C20H13F3N4O2/c21-16-6-5-14(29-19(22)23)7-17(16)26-11-13(8-24)27(20(26)28)18-10-25-9-12-3-1-2-4-15(12)18/h1-7,9-10,13,19H,11H2/t13-/m0/s1. The van der Waals surface area contributed by atoms with Gasteiger partial charge in [-0.2, -0.15) is 14.0 Å². The van der Waals surface area contributed by atoms with Gasteiger partial charge in [-0.3, -0.25) is 14.8 Å². The molecule has 0 N–H and O–H groups in total. The highest BCUT2D eigenvalue weighted by Gasteiger charge is 2.41. The van der Waals surface area contributed by atoms with Gasteiger partial charge in [-0.25, -0.2) is 9.18 Å². The fraction of sp³-hybridized carbons (Fsp3) is 0.150. The zero-order valence-corrected chi connectivity index (χ0v) is 14.8. The van der Waals surface area contributed by atoms with Gasteiger partial charge in [-0.05, 0) is 12.1 Å². The van der Waals surface area contributed by atoms with Crippen LogP contribution >= 0.6 is 0 Å². The van der Waals surface area contributed by atoms with E-state index in [2.05, 4.69) is 9.72 Å². The number of nitriles is 1. The van der Waals surface area contributed by atoms with Gasteiger partial charge >= 0.3 is 12.6 Å². The maximum Gasteiger partial charge on any atom is 0.387 e. The number of hydrogen-bond donors (Lipinski definition) is 0. The quantitative estimate of drug-likeness (QED) is 0.657. The first-order valence-electron chi connectivity index (χ1n) is 8.57. The van der Waals surface area contributed by atoms with Crippen LogP contribution in [0.3, 0.4) is 0 Å². The van der Waals surface area contributed by atoms with Crippen LogP contribution in [0.15, 0.2) is 54.9 Å². The predicted octanol–water partition coefficient (Wildman–Crippen LogP) is 4.31. The number of carbonyl (C=O) groups is 1. The van der Waals surface area contributed by atoms with Crippen molar-refractivity contribution in [1.29, 1.82) is 5.26 Å². The molecule has 2 heterocycles. The van der Waals surface area contributed by atoms with Gasteiger partial charge in [0.25, 0.3) is 0 Å². The summed E-state index contributed by atoms with van der Waals surface area (Å²) in [6, 6.07) is 10.6. The third-order valence-corrected chi connectivity index (χ3v) is 4.59. The summed E-state index contributed by atoms with van der Waals surface area (Å²) in [6.07, 6.45) is 3.09. The van der Waals surface area contributed by atoms with Crippen LogP contribution in [0.2, 0.25) is 0 Å². The molecule has 1 aromatic heterocycles. The van der Waals surface area contributed by atoms with Crippen LogP contribution in [0.25, 0.3) is 10.8 Å². The van der Waals surface area contributed by atoms with Crippen molar-refractivity contribution < 1.29 is 22.7 Å². The monoisotopic (exact) mass is 398 g/mol. The van der Waals surface area contributed by atoms with Crippen LogP contribution in [-0.2, 0) is 0 Å². The zero-order chi connectivity index (χ0) is 20.5. The van der Waals surface area contributed by atoms with Gasteiger partial charge in [0, 0.05) is 23.0 Å². The third-order valence-electron chi connectivity index (χ3n) is 4.59. The Kier molecular flexibility index (Phi) is 4.68. The zero-order valence-electron chi connectivity index (χ0n) is 14.8. The van der Waals surface area contributed by atoms with E-state index in [1.165, 1.54) is 11.1 Å². The fourth-order valence-electron chi connectivity index (χ4n) is 3.33. The Balaban J connectivity index is 1.77. The van der Waals surface area contributed by atoms with Crippen LogP contribution in [0.4, 0.5) is 29.3 Å². The maximum absolute atomic E-state index is 14.4. The molecule has 1 fully saturated rings. The molecule has 2 aromatic carbocycles. The molecule has 0 aliphatic carbocycles. The Morgan fingerprint density at radius 1 is 1.17 bits per heavy atom. The lowest BCUT2D eigenvalue weighted by atomic mass is 10.1. The molecular formula is C20H13F3N4O2. The van der Waals surface area contributed by atoms with Gasteiger partial charge in [0.05, 0.1) is 30.2 Å². The number of carbonyl (C=O) groups excluding carboxylic acids is 1.